The second-order valence-electron chi connectivity index (χ2n) is 3.88. The Bertz CT molecular complexity index is 492. The molecule has 1 saturated heterocycles. The van der Waals surface area contributed by atoms with Crippen molar-refractivity contribution in [3.05, 3.63) is 12.3 Å². The molecule has 1 aliphatic heterocycles. The van der Waals surface area contributed by atoms with Crippen LogP contribution in [-0.4, -0.2) is 62.1 Å². The van der Waals surface area contributed by atoms with Crippen molar-refractivity contribution in [3.63, 3.8) is 0 Å². The molecule has 1 aromatic rings. The van der Waals surface area contributed by atoms with E-state index in [-0.39, 0.29) is 17.5 Å². The first-order valence-corrected chi connectivity index (χ1v) is 7.05. The van der Waals surface area contributed by atoms with Gasteiger partial charge in [-0.3, -0.25) is 9.89 Å². The number of hydrogen-bond donors (Lipinski definition) is 3. The number of aromatic nitrogens is 2. The molecule has 0 aromatic carbocycles. The summed E-state index contributed by atoms with van der Waals surface area (Å²) in [6.07, 6.45) is 1.34. The Labute approximate surface area is 105 Å². The number of nitrogens with zero attached hydrogens (tertiary/aromatic N) is 2. The van der Waals surface area contributed by atoms with Crippen molar-refractivity contribution in [2.75, 3.05) is 32.7 Å². The molecule has 0 atom stereocenters. The van der Waals surface area contributed by atoms with E-state index >= 15 is 0 Å². The standard InChI is InChI=1S/C9H15N5O3S/c15-9(14-5-3-10-4-6-14)7-12-18(16,17)8-1-2-11-13-8/h1-2,10,12H,3-7H2,(H,11,13). The van der Waals surface area contributed by atoms with Crippen molar-refractivity contribution >= 4 is 15.9 Å². The molecule has 1 fully saturated rings. The fourth-order valence-electron chi connectivity index (χ4n) is 1.65. The average molecular weight is 273 g/mol. The van der Waals surface area contributed by atoms with E-state index in [2.05, 4.69) is 20.2 Å². The third-order valence-corrected chi connectivity index (χ3v) is 3.98. The lowest BCUT2D eigenvalue weighted by Crippen LogP contribution is -2.49. The fourth-order valence-corrected chi connectivity index (χ4v) is 2.54. The SMILES string of the molecule is O=C(CNS(=O)(=O)c1ccn[nH]1)N1CCNCC1. The van der Waals surface area contributed by atoms with E-state index < -0.39 is 10.0 Å². The molecule has 8 nitrogen and oxygen atoms in total. The van der Waals surface area contributed by atoms with E-state index in [0.717, 1.165) is 13.1 Å². The Hall–Kier alpha value is -1.45. The topological polar surface area (TPSA) is 107 Å². The van der Waals surface area contributed by atoms with E-state index in [1.807, 2.05) is 0 Å². The predicted molar refractivity (Wildman–Crippen MR) is 63.2 cm³/mol. The predicted octanol–water partition coefficient (Wildman–Crippen LogP) is -1.88. The number of sulfonamides is 1. The zero-order valence-electron chi connectivity index (χ0n) is 9.72. The summed E-state index contributed by atoms with van der Waals surface area (Å²) in [4.78, 5) is 13.4. The van der Waals surface area contributed by atoms with Gasteiger partial charge in [-0.25, -0.2) is 13.1 Å². The summed E-state index contributed by atoms with van der Waals surface area (Å²) < 4.78 is 25.7. The van der Waals surface area contributed by atoms with Gasteiger partial charge < -0.3 is 10.2 Å². The molecule has 1 aliphatic rings. The van der Waals surface area contributed by atoms with Crippen LogP contribution in [0.25, 0.3) is 0 Å². The molecular weight excluding hydrogens is 258 g/mol. The van der Waals surface area contributed by atoms with Gasteiger partial charge in [0.2, 0.25) is 5.91 Å². The maximum absolute atomic E-state index is 11.8. The third-order valence-electron chi connectivity index (χ3n) is 2.65. The quantitative estimate of drug-likeness (QED) is 0.595. The molecule has 3 N–H and O–H groups in total. The van der Waals surface area contributed by atoms with Gasteiger partial charge in [0.15, 0.2) is 5.03 Å². The second kappa shape index (κ2) is 5.46. The number of carbonyl (C=O) groups is 1. The number of amides is 1. The molecule has 0 saturated carbocycles. The van der Waals surface area contributed by atoms with Gasteiger partial charge in [-0.2, -0.15) is 5.10 Å². The van der Waals surface area contributed by atoms with Crippen molar-refractivity contribution < 1.29 is 13.2 Å². The number of rotatable bonds is 4. The maximum Gasteiger partial charge on any atom is 0.257 e. The molecule has 1 amide bonds. The summed E-state index contributed by atoms with van der Waals surface area (Å²) >= 11 is 0. The second-order valence-corrected chi connectivity index (χ2v) is 5.61. The molecule has 100 valence electrons. The summed E-state index contributed by atoms with van der Waals surface area (Å²) in [5.74, 6) is -0.223. The number of carbonyl (C=O) groups excluding carboxylic acids is 1. The molecule has 1 aromatic heterocycles. The minimum atomic E-state index is -3.68. The van der Waals surface area contributed by atoms with E-state index in [1.54, 1.807) is 4.90 Å². The largest absolute Gasteiger partial charge is 0.339 e. The van der Waals surface area contributed by atoms with Gasteiger partial charge in [-0.1, -0.05) is 0 Å². The Morgan fingerprint density at radius 3 is 2.78 bits per heavy atom. The summed E-state index contributed by atoms with van der Waals surface area (Å²) in [6.45, 7) is 2.44. The first-order chi connectivity index (χ1) is 8.59. The molecular formula is C9H15N5O3S. The summed E-state index contributed by atoms with van der Waals surface area (Å²) in [7, 11) is -3.68. The summed E-state index contributed by atoms with van der Waals surface area (Å²) in [6, 6.07) is 1.33. The van der Waals surface area contributed by atoms with Crippen LogP contribution in [0.2, 0.25) is 0 Å². The lowest BCUT2D eigenvalue weighted by molar-refractivity contribution is -0.130. The van der Waals surface area contributed by atoms with Gasteiger partial charge in [-0.05, 0) is 6.07 Å². The maximum atomic E-state index is 11.8. The molecule has 2 heterocycles. The number of hydrogen-bond acceptors (Lipinski definition) is 5. The normalized spacial score (nSPS) is 16.8. The van der Waals surface area contributed by atoms with Crippen LogP contribution in [-0.2, 0) is 14.8 Å². The van der Waals surface area contributed by atoms with E-state index in [1.165, 1.54) is 12.3 Å². The molecule has 0 radical (unpaired) electrons. The number of H-pyrrole nitrogens is 1. The van der Waals surface area contributed by atoms with Crippen molar-refractivity contribution in [1.29, 1.82) is 0 Å². The first kappa shape index (κ1) is 13.0. The Morgan fingerprint density at radius 1 is 1.44 bits per heavy atom. The number of nitrogens with one attached hydrogen (secondary N) is 3. The average Bonchev–Trinajstić information content (AvgIpc) is 2.92. The molecule has 18 heavy (non-hydrogen) atoms. The van der Waals surface area contributed by atoms with Crippen LogP contribution in [0.4, 0.5) is 0 Å². The highest BCUT2D eigenvalue weighted by molar-refractivity contribution is 7.89. The van der Waals surface area contributed by atoms with Crippen LogP contribution >= 0.6 is 0 Å². The summed E-state index contributed by atoms with van der Waals surface area (Å²) in [5, 5.41) is 8.98. The lowest BCUT2D eigenvalue weighted by atomic mass is 10.3. The van der Waals surface area contributed by atoms with Gasteiger partial charge in [0.05, 0.1) is 12.7 Å². The van der Waals surface area contributed by atoms with Crippen LogP contribution in [0.3, 0.4) is 0 Å². The highest BCUT2D eigenvalue weighted by Crippen LogP contribution is 2.02. The third kappa shape index (κ3) is 3.06. The first-order valence-electron chi connectivity index (χ1n) is 5.57. The Balaban J connectivity index is 1.89. The zero-order chi connectivity index (χ0) is 13.0. The lowest BCUT2D eigenvalue weighted by Gasteiger charge is -2.27. The molecule has 2 rings (SSSR count). The Kier molecular flexibility index (Phi) is 3.94. The van der Waals surface area contributed by atoms with E-state index in [4.69, 9.17) is 0 Å². The van der Waals surface area contributed by atoms with Crippen LogP contribution < -0.4 is 10.0 Å². The van der Waals surface area contributed by atoms with Crippen molar-refractivity contribution in [2.24, 2.45) is 0 Å². The van der Waals surface area contributed by atoms with Crippen LogP contribution in [0, 0.1) is 0 Å². The minimum Gasteiger partial charge on any atom is -0.339 e. The summed E-state index contributed by atoms with van der Waals surface area (Å²) in [5.41, 5.74) is 0. The van der Waals surface area contributed by atoms with Crippen LogP contribution in [0.1, 0.15) is 0 Å². The van der Waals surface area contributed by atoms with Gasteiger partial charge >= 0.3 is 0 Å². The highest BCUT2D eigenvalue weighted by atomic mass is 32.2. The minimum absolute atomic E-state index is 0.0457. The molecule has 0 spiro atoms. The van der Waals surface area contributed by atoms with Crippen molar-refractivity contribution in [3.8, 4) is 0 Å². The smallest absolute Gasteiger partial charge is 0.257 e. The molecule has 9 heteroatoms. The monoisotopic (exact) mass is 273 g/mol. The fraction of sp³-hybridized carbons (Fsp3) is 0.556. The Morgan fingerprint density at radius 2 is 2.17 bits per heavy atom. The van der Waals surface area contributed by atoms with Gasteiger partial charge in [0.25, 0.3) is 10.0 Å². The van der Waals surface area contributed by atoms with Gasteiger partial charge in [0, 0.05) is 26.2 Å². The zero-order valence-corrected chi connectivity index (χ0v) is 10.5. The van der Waals surface area contributed by atoms with Gasteiger partial charge in [0.1, 0.15) is 0 Å². The van der Waals surface area contributed by atoms with E-state index in [0.29, 0.717) is 13.1 Å². The van der Waals surface area contributed by atoms with Crippen molar-refractivity contribution in [2.45, 2.75) is 5.03 Å². The number of aromatic amines is 1. The van der Waals surface area contributed by atoms with E-state index in [9.17, 15) is 13.2 Å². The van der Waals surface area contributed by atoms with Crippen LogP contribution in [0.15, 0.2) is 17.3 Å². The van der Waals surface area contributed by atoms with Gasteiger partial charge in [-0.15, -0.1) is 0 Å². The molecule has 0 unspecified atom stereocenters. The van der Waals surface area contributed by atoms with Crippen molar-refractivity contribution in [1.82, 2.24) is 25.1 Å². The highest BCUT2D eigenvalue weighted by Gasteiger charge is 2.20. The van der Waals surface area contributed by atoms with Crippen LogP contribution in [0.5, 0.6) is 0 Å². The molecule has 0 aliphatic carbocycles. The number of piperazine rings is 1. The molecule has 0 bridgehead atoms.